The van der Waals surface area contributed by atoms with Gasteiger partial charge in [-0.3, -0.25) is 0 Å². The van der Waals surface area contributed by atoms with Gasteiger partial charge in [-0.05, 0) is 54.4 Å². The number of rotatable bonds is 8. The van der Waals surface area contributed by atoms with E-state index in [0.717, 1.165) is 22.0 Å². The van der Waals surface area contributed by atoms with Gasteiger partial charge in [-0.15, -0.1) is 0 Å². The second-order valence-corrected chi connectivity index (χ2v) is 12.4. The number of fused-ring (bicyclic) bond motifs is 1. The Labute approximate surface area is 248 Å². The second kappa shape index (κ2) is 12.3. The predicted octanol–water partition coefficient (Wildman–Crippen LogP) is 4.43. The quantitative estimate of drug-likeness (QED) is 0.290. The van der Waals surface area contributed by atoms with Crippen molar-refractivity contribution in [2.24, 2.45) is 0 Å². The first-order valence-electron chi connectivity index (χ1n) is 13.5. The molecule has 2 aromatic heterocycles. The number of carbonyl (C=O) groups excluding carboxylic acids is 1. The molecule has 0 saturated carbocycles. The Morgan fingerprint density at radius 3 is 2.47 bits per heavy atom. The van der Waals surface area contributed by atoms with Crippen molar-refractivity contribution in [2.45, 2.75) is 30.9 Å². The van der Waals surface area contributed by atoms with E-state index in [1.807, 2.05) is 13.0 Å². The van der Waals surface area contributed by atoms with E-state index in [-0.39, 0.29) is 31.8 Å². The molecule has 1 aliphatic heterocycles. The Morgan fingerprint density at radius 1 is 1.12 bits per heavy atom. The number of amides is 1. The number of morpholine rings is 1. The highest BCUT2D eigenvalue weighted by atomic mass is 32.2. The molecule has 0 bridgehead atoms. The highest BCUT2D eigenvalue weighted by molar-refractivity contribution is 7.89. The fourth-order valence-electron chi connectivity index (χ4n) is 5.12. The van der Waals surface area contributed by atoms with Crippen LogP contribution in [0.5, 0.6) is 5.75 Å². The third-order valence-corrected chi connectivity index (χ3v) is 9.18. The predicted molar refractivity (Wildman–Crippen MR) is 154 cm³/mol. The van der Waals surface area contributed by atoms with Gasteiger partial charge in [0, 0.05) is 32.8 Å². The number of aryl methyl sites for hydroxylation is 1. The first-order chi connectivity index (χ1) is 20.5. The van der Waals surface area contributed by atoms with Crippen LogP contribution in [0.4, 0.5) is 13.6 Å². The van der Waals surface area contributed by atoms with Crippen LogP contribution in [-0.4, -0.2) is 80.2 Å². The van der Waals surface area contributed by atoms with Crippen molar-refractivity contribution < 1.29 is 36.2 Å². The molecule has 4 aromatic rings. The number of carbonyl (C=O) groups is 1. The molecule has 2 aromatic carbocycles. The van der Waals surface area contributed by atoms with Gasteiger partial charge in [-0.1, -0.05) is 12.1 Å². The summed E-state index contributed by atoms with van der Waals surface area (Å²) in [5.74, 6) is -1.52. The molecule has 0 N–H and O–H groups in total. The van der Waals surface area contributed by atoms with Crippen LogP contribution in [0.25, 0.3) is 16.9 Å². The standard InChI is InChI=1S/C30H32F2N4O6S/c1-19-9-10-36-26(14-22-18-35(11-12-42-22)30(37)41-4)29(33-27(36)13-19)28-24(31)15-23(16-25(28)32)43(38,39)34(2)17-20-5-7-21(40-3)8-6-20/h5-10,13,15-16,22H,11-12,14,17-18H2,1-4H3. The zero-order chi connectivity index (χ0) is 30.9. The fourth-order valence-corrected chi connectivity index (χ4v) is 6.31. The van der Waals surface area contributed by atoms with E-state index in [1.54, 1.807) is 40.9 Å². The Kier molecular flexibility index (Phi) is 8.67. The van der Waals surface area contributed by atoms with Crippen LogP contribution >= 0.6 is 0 Å². The lowest BCUT2D eigenvalue weighted by molar-refractivity contribution is -0.0241. The van der Waals surface area contributed by atoms with Crippen LogP contribution in [0.2, 0.25) is 0 Å². The molecular formula is C30H32F2N4O6S. The number of halogens is 2. The van der Waals surface area contributed by atoms with Crippen molar-refractivity contribution in [1.82, 2.24) is 18.6 Å². The highest BCUT2D eigenvalue weighted by Gasteiger charge is 2.30. The molecule has 43 heavy (non-hydrogen) atoms. The summed E-state index contributed by atoms with van der Waals surface area (Å²) in [7, 11) is -0.0883. The Bertz CT molecular complexity index is 1740. The number of nitrogens with zero attached hydrogens (tertiary/aromatic N) is 4. The van der Waals surface area contributed by atoms with Crippen molar-refractivity contribution in [2.75, 3.05) is 41.0 Å². The number of ether oxygens (including phenoxy) is 3. The minimum absolute atomic E-state index is 0.0166. The van der Waals surface area contributed by atoms with Gasteiger partial charge in [-0.2, -0.15) is 4.31 Å². The summed E-state index contributed by atoms with van der Waals surface area (Å²) in [5, 5.41) is 0. The Morgan fingerprint density at radius 2 is 1.81 bits per heavy atom. The Balaban J connectivity index is 1.50. The van der Waals surface area contributed by atoms with Gasteiger partial charge >= 0.3 is 6.09 Å². The van der Waals surface area contributed by atoms with Crippen molar-refractivity contribution in [3.8, 4) is 17.0 Å². The summed E-state index contributed by atoms with van der Waals surface area (Å²) in [4.78, 5) is 17.6. The molecule has 1 fully saturated rings. The third-order valence-electron chi connectivity index (χ3n) is 7.40. The number of aromatic nitrogens is 2. The topological polar surface area (TPSA) is 103 Å². The van der Waals surface area contributed by atoms with Gasteiger partial charge in [0.1, 0.15) is 23.0 Å². The maximum atomic E-state index is 15.8. The lowest BCUT2D eigenvalue weighted by Crippen LogP contribution is -2.46. The van der Waals surface area contributed by atoms with E-state index in [0.29, 0.717) is 29.2 Å². The van der Waals surface area contributed by atoms with E-state index in [2.05, 4.69) is 4.98 Å². The van der Waals surface area contributed by atoms with E-state index in [9.17, 15) is 13.2 Å². The second-order valence-electron chi connectivity index (χ2n) is 10.3. The lowest BCUT2D eigenvalue weighted by atomic mass is 10.0. The van der Waals surface area contributed by atoms with Crippen LogP contribution in [0.1, 0.15) is 16.8 Å². The summed E-state index contributed by atoms with van der Waals surface area (Å²) >= 11 is 0. The molecule has 5 rings (SSSR count). The summed E-state index contributed by atoms with van der Waals surface area (Å²) < 4.78 is 76.8. The number of hydrogen-bond acceptors (Lipinski definition) is 7. The first kappa shape index (κ1) is 30.4. The summed E-state index contributed by atoms with van der Waals surface area (Å²) in [6.07, 6.45) is 0.940. The molecule has 0 aliphatic carbocycles. The minimum Gasteiger partial charge on any atom is -0.497 e. The molecule has 3 heterocycles. The third kappa shape index (κ3) is 6.19. The molecule has 1 aliphatic rings. The number of imidazole rings is 1. The van der Waals surface area contributed by atoms with Gasteiger partial charge in [0.15, 0.2) is 0 Å². The molecule has 0 radical (unpaired) electrons. The van der Waals surface area contributed by atoms with Crippen molar-refractivity contribution >= 4 is 21.8 Å². The maximum absolute atomic E-state index is 15.8. The zero-order valence-electron chi connectivity index (χ0n) is 24.2. The smallest absolute Gasteiger partial charge is 0.409 e. The number of sulfonamides is 1. The molecule has 0 spiro atoms. The number of hydrogen-bond donors (Lipinski definition) is 0. The normalized spacial score (nSPS) is 15.7. The molecule has 1 unspecified atom stereocenters. The minimum atomic E-state index is -4.25. The van der Waals surface area contributed by atoms with Crippen molar-refractivity contribution in [3.63, 3.8) is 0 Å². The van der Waals surface area contributed by atoms with Crippen LogP contribution in [0, 0.1) is 18.6 Å². The van der Waals surface area contributed by atoms with Gasteiger partial charge in [0.25, 0.3) is 0 Å². The molecule has 10 nitrogen and oxygen atoms in total. The molecule has 228 valence electrons. The van der Waals surface area contributed by atoms with E-state index in [1.165, 1.54) is 26.2 Å². The van der Waals surface area contributed by atoms with Gasteiger partial charge in [-0.25, -0.2) is 27.0 Å². The van der Waals surface area contributed by atoms with E-state index in [4.69, 9.17) is 14.2 Å². The number of pyridine rings is 1. The van der Waals surface area contributed by atoms with Crippen LogP contribution in [0.15, 0.2) is 59.6 Å². The Hall–Kier alpha value is -4.07. The molecule has 1 saturated heterocycles. The summed E-state index contributed by atoms with van der Waals surface area (Å²) in [5.41, 5.74) is 2.05. The number of methoxy groups -OCH3 is 2. The molecular weight excluding hydrogens is 582 g/mol. The van der Waals surface area contributed by atoms with Crippen molar-refractivity contribution in [3.05, 3.63) is 83.2 Å². The van der Waals surface area contributed by atoms with E-state index >= 15 is 8.78 Å². The molecule has 1 atom stereocenters. The SMILES string of the molecule is COC(=O)N1CCOC(Cc2c(-c3c(F)cc(S(=O)(=O)N(C)Cc4ccc(OC)cc4)cc3F)nc3cc(C)ccn23)C1. The van der Waals surface area contributed by atoms with Crippen LogP contribution in [0.3, 0.4) is 0 Å². The van der Waals surface area contributed by atoms with Crippen LogP contribution in [-0.2, 0) is 32.5 Å². The van der Waals surface area contributed by atoms with Gasteiger partial charge in [0.2, 0.25) is 10.0 Å². The summed E-state index contributed by atoms with van der Waals surface area (Å²) in [6, 6.07) is 12.1. The fraction of sp³-hybridized carbons (Fsp3) is 0.333. The summed E-state index contributed by atoms with van der Waals surface area (Å²) in [6.45, 7) is 2.69. The monoisotopic (exact) mass is 614 g/mol. The van der Waals surface area contributed by atoms with Gasteiger partial charge < -0.3 is 23.5 Å². The highest BCUT2D eigenvalue weighted by Crippen LogP contribution is 2.33. The lowest BCUT2D eigenvalue weighted by Gasteiger charge is -2.32. The first-order valence-corrected chi connectivity index (χ1v) is 15.0. The van der Waals surface area contributed by atoms with Crippen LogP contribution < -0.4 is 4.74 Å². The average molecular weight is 615 g/mol. The maximum Gasteiger partial charge on any atom is 0.409 e. The molecule has 13 heteroatoms. The largest absolute Gasteiger partial charge is 0.497 e. The van der Waals surface area contributed by atoms with Crippen molar-refractivity contribution in [1.29, 1.82) is 0 Å². The van der Waals surface area contributed by atoms with E-state index < -0.39 is 44.3 Å². The molecule has 1 amide bonds. The van der Waals surface area contributed by atoms with Gasteiger partial charge in [0.05, 0.1) is 55.3 Å². The number of benzene rings is 2. The zero-order valence-corrected chi connectivity index (χ0v) is 25.0. The average Bonchev–Trinajstić information content (AvgIpc) is 3.33.